The highest BCUT2D eigenvalue weighted by molar-refractivity contribution is 7.15. The van der Waals surface area contributed by atoms with Gasteiger partial charge in [0.05, 0.1) is 11.0 Å². The number of nitrogens with zero attached hydrogens (tertiary/aromatic N) is 3. The summed E-state index contributed by atoms with van der Waals surface area (Å²) in [4.78, 5) is 6.78. The van der Waals surface area contributed by atoms with Gasteiger partial charge in [-0.2, -0.15) is 0 Å². The van der Waals surface area contributed by atoms with E-state index in [1.54, 1.807) is 11.3 Å². The van der Waals surface area contributed by atoms with E-state index in [0.717, 1.165) is 44.6 Å². The quantitative estimate of drug-likeness (QED) is 0.284. The van der Waals surface area contributed by atoms with Crippen molar-refractivity contribution in [3.8, 4) is 23.1 Å². The highest BCUT2D eigenvalue weighted by atomic mass is 32.1. The molecule has 3 aromatic carbocycles. The zero-order valence-electron chi connectivity index (χ0n) is 19.0. The number of hydrogen-bond acceptors (Lipinski definition) is 5. The molecule has 7 rings (SSSR count). The van der Waals surface area contributed by atoms with Gasteiger partial charge in [-0.3, -0.25) is 4.57 Å². The standard InChI is InChI=1S/C28H20BN3O2S/c1-31-28-26(14-16-35-28)34-29(31)19-7-6-8-20(17-19)33-21-12-13-23-22-9-2-3-10-24(22)32(25(23)18-21)27-11-4-5-15-30-27/h2-18H,1H3. The third-order valence-electron chi connectivity index (χ3n) is 6.42. The van der Waals surface area contributed by atoms with Crippen LogP contribution in [0.15, 0.2) is 103 Å². The fraction of sp³-hybridized carbons (Fsp3) is 0.0357. The molecule has 0 radical (unpaired) electrons. The van der Waals surface area contributed by atoms with Crippen molar-refractivity contribution in [1.29, 1.82) is 0 Å². The van der Waals surface area contributed by atoms with Crippen molar-refractivity contribution >= 4 is 50.7 Å². The van der Waals surface area contributed by atoms with E-state index < -0.39 is 0 Å². The second kappa shape index (κ2) is 7.93. The molecular formula is C28H20BN3O2S. The number of rotatable bonds is 4. The smallest absolute Gasteiger partial charge is 0.520 e. The summed E-state index contributed by atoms with van der Waals surface area (Å²) in [6.45, 7) is 0. The van der Waals surface area contributed by atoms with E-state index >= 15 is 0 Å². The second-order valence-corrected chi connectivity index (χ2v) is 9.46. The molecule has 0 saturated heterocycles. The molecule has 6 aromatic rings. The van der Waals surface area contributed by atoms with Gasteiger partial charge in [0.2, 0.25) is 0 Å². The lowest BCUT2D eigenvalue weighted by molar-refractivity contribution is 0.483. The van der Waals surface area contributed by atoms with Crippen molar-refractivity contribution in [2.24, 2.45) is 0 Å². The van der Waals surface area contributed by atoms with Crippen LogP contribution < -0.4 is 19.7 Å². The number of thiophene rings is 1. The molecule has 0 fully saturated rings. The van der Waals surface area contributed by atoms with Gasteiger partial charge < -0.3 is 14.2 Å². The molecule has 168 valence electrons. The maximum Gasteiger partial charge on any atom is 0.520 e. The molecular weight excluding hydrogens is 453 g/mol. The third kappa shape index (κ3) is 3.27. The summed E-state index contributed by atoms with van der Waals surface area (Å²) in [6.07, 6.45) is 1.82. The van der Waals surface area contributed by atoms with E-state index in [2.05, 4.69) is 75.3 Å². The molecule has 0 saturated carbocycles. The molecule has 3 aromatic heterocycles. The lowest BCUT2D eigenvalue weighted by Gasteiger charge is -2.16. The van der Waals surface area contributed by atoms with Crippen LogP contribution in [0, 0.1) is 0 Å². The zero-order valence-corrected chi connectivity index (χ0v) is 19.8. The van der Waals surface area contributed by atoms with E-state index in [0.29, 0.717) is 0 Å². The van der Waals surface area contributed by atoms with Gasteiger partial charge in [0.1, 0.15) is 28.1 Å². The Bertz CT molecular complexity index is 1700. The van der Waals surface area contributed by atoms with Gasteiger partial charge in [0.25, 0.3) is 0 Å². The summed E-state index contributed by atoms with van der Waals surface area (Å²) in [6, 6.07) is 30.8. The zero-order chi connectivity index (χ0) is 23.4. The highest BCUT2D eigenvalue weighted by Gasteiger charge is 2.37. The minimum absolute atomic E-state index is 0.157. The van der Waals surface area contributed by atoms with E-state index in [-0.39, 0.29) is 7.05 Å². The van der Waals surface area contributed by atoms with Crippen LogP contribution in [0.2, 0.25) is 0 Å². The van der Waals surface area contributed by atoms with Crippen LogP contribution in [0.4, 0.5) is 5.00 Å². The minimum Gasteiger partial charge on any atom is -0.535 e. The Morgan fingerprint density at radius 2 is 1.69 bits per heavy atom. The second-order valence-electron chi connectivity index (χ2n) is 8.57. The van der Waals surface area contributed by atoms with E-state index in [1.165, 1.54) is 10.8 Å². The van der Waals surface area contributed by atoms with Crippen molar-refractivity contribution in [3.05, 3.63) is 103 Å². The van der Waals surface area contributed by atoms with Gasteiger partial charge in [-0.1, -0.05) is 36.4 Å². The molecule has 4 heterocycles. The number of fused-ring (bicyclic) bond motifs is 4. The van der Waals surface area contributed by atoms with Crippen LogP contribution in [0.1, 0.15) is 0 Å². The molecule has 0 unspecified atom stereocenters. The van der Waals surface area contributed by atoms with Gasteiger partial charge in [-0.05, 0) is 66.4 Å². The lowest BCUT2D eigenvalue weighted by Crippen LogP contribution is -2.47. The van der Waals surface area contributed by atoms with Gasteiger partial charge >= 0.3 is 7.05 Å². The Morgan fingerprint density at radius 3 is 2.57 bits per heavy atom. The van der Waals surface area contributed by atoms with Gasteiger partial charge in [-0.15, -0.1) is 11.3 Å². The van der Waals surface area contributed by atoms with Crippen LogP contribution >= 0.6 is 11.3 Å². The van der Waals surface area contributed by atoms with Gasteiger partial charge in [-0.25, -0.2) is 4.98 Å². The monoisotopic (exact) mass is 473 g/mol. The van der Waals surface area contributed by atoms with Crippen LogP contribution in [0.5, 0.6) is 17.2 Å². The molecule has 7 heteroatoms. The number of para-hydroxylation sites is 1. The molecule has 0 bridgehead atoms. The molecule has 35 heavy (non-hydrogen) atoms. The molecule has 0 atom stereocenters. The SMILES string of the molecule is CN1B(c2cccc(Oc3ccc4c5ccccc5n(-c5ccccn5)c4c3)c2)Oc2ccsc21. The first-order valence-electron chi connectivity index (χ1n) is 11.5. The Hall–Kier alpha value is -4.23. The summed E-state index contributed by atoms with van der Waals surface area (Å²) in [5, 5.41) is 5.56. The van der Waals surface area contributed by atoms with Crippen LogP contribution in [-0.2, 0) is 0 Å². The summed E-state index contributed by atoms with van der Waals surface area (Å²) < 4.78 is 14.7. The average molecular weight is 473 g/mol. The number of ether oxygens (including phenoxy) is 1. The highest BCUT2D eigenvalue weighted by Crippen LogP contribution is 2.40. The van der Waals surface area contributed by atoms with Crippen LogP contribution in [0.3, 0.4) is 0 Å². The van der Waals surface area contributed by atoms with Crippen molar-refractivity contribution in [2.45, 2.75) is 0 Å². The molecule has 0 amide bonds. The molecule has 5 nitrogen and oxygen atoms in total. The summed E-state index contributed by atoms with van der Waals surface area (Å²) in [7, 11) is 1.90. The number of anilines is 1. The van der Waals surface area contributed by atoms with Crippen molar-refractivity contribution in [1.82, 2.24) is 9.55 Å². The minimum atomic E-state index is -0.157. The topological polar surface area (TPSA) is 39.5 Å². The summed E-state index contributed by atoms with van der Waals surface area (Å²) >= 11 is 1.69. The predicted molar refractivity (Wildman–Crippen MR) is 144 cm³/mol. The molecule has 0 aliphatic carbocycles. The van der Waals surface area contributed by atoms with Crippen LogP contribution in [0.25, 0.3) is 27.6 Å². The molecule has 1 aliphatic heterocycles. The first-order valence-corrected chi connectivity index (χ1v) is 12.3. The molecule has 0 N–H and O–H groups in total. The first-order chi connectivity index (χ1) is 17.3. The van der Waals surface area contributed by atoms with Crippen molar-refractivity contribution in [2.75, 3.05) is 11.9 Å². The van der Waals surface area contributed by atoms with E-state index in [1.807, 2.05) is 48.7 Å². The Kier molecular flexibility index (Phi) is 4.57. The molecule has 0 spiro atoms. The largest absolute Gasteiger partial charge is 0.535 e. The maximum atomic E-state index is 6.36. The van der Waals surface area contributed by atoms with Crippen molar-refractivity contribution < 1.29 is 9.39 Å². The number of aromatic nitrogens is 2. The number of benzene rings is 3. The average Bonchev–Trinajstić information content (AvgIpc) is 3.57. The van der Waals surface area contributed by atoms with E-state index in [9.17, 15) is 0 Å². The summed E-state index contributed by atoms with van der Waals surface area (Å²) in [5.41, 5.74) is 3.23. The third-order valence-corrected chi connectivity index (χ3v) is 7.41. The lowest BCUT2D eigenvalue weighted by atomic mass is 9.72. The van der Waals surface area contributed by atoms with Gasteiger partial charge in [0.15, 0.2) is 0 Å². The normalized spacial score (nSPS) is 12.8. The van der Waals surface area contributed by atoms with E-state index in [4.69, 9.17) is 9.39 Å². The van der Waals surface area contributed by atoms with Crippen LogP contribution in [-0.4, -0.2) is 23.6 Å². The fourth-order valence-electron chi connectivity index (χ4n) is 4.85. The molecule has 1 aliphatic rings. The summed E-state index contributed by atoms with van der Waals surface area (Å²) in [5.74, 6) is 3.36. The van der Waals surface area contributed by atoms with Crippen molar-refractivity contribution in [3.63, 3.8) is 0 Å². The Labute approximate surface area is 206 Å². The Balaban J connectivity index is 1.27. The van der Waals surface area contributed by atoms with Gasteiger partial charge in [0, 0.05) is 23.0 Å². The maximum absolute atomic E-state index is 6.36. The Morgan fingerprint density at radius 1 is 0.829 bits per heavy atom. The number of hydrogen-bond donors (Lipinski definition) is 0. The number of pyridine rings is 1. The first kappa shape index (κ1) is 20.2. The predicted octanol–water partition coefficient (Wildman–Crippen LogP) is 6.26. The fourth-order valence-corrected chi connectivity index (χ4v) is 5.66.